The third-order valence-corrected chi connectivity index (χ3v) is 4.69. The average molecular weight is 377 g/mol. The van der Waals surface area contributed by atoms with Gasteiger partial charge in [-0.05, 0) is 43.9 Å². The van der Waals surface area contributed by atoms with Crippen molar-refractivity contribution in [2.45, 2.75) is 33.2 Å². The molecule has 1 aromatic heterocycles. The fourth-order valence-electron chi connectivity index (χ4n) is 3.01. The van der Waals surface area contributed by atoms with Crippen LogP contribution in [0.2, 0.25) is 0 Å². The molecule has 0 spiro atoms. The summed E-state index contributed by atoms with van der Waals surface area (Å²) in [6, 6.07) is 2.64. The SMILES string of the molecule is Cc1oc(CNC(=O)c2cc(F)ccc2F)nc1C(=O)N1CCC(C)CC1. The Hall–Kier alpha value is -2.77. The first-order valence-electron chi connectivity index (χ1n) is 8.84. The first-order valence-corrected chi connectivity index (χ1v) is 8.84. The summed E-state index contributed by atoms with van der Waals surface area (Å²) in [4.78, 5) is 30.6. The van der Waals surface area contributed by atoms with Gasteiger partial charge in [0.25, 0.3) is 11.8 Å². The number of benzene rings is 1. The summed E-state index contributed by atoms with van der Waals surface area (Å²) in [5.41, 5.74) is -0.192. The van der Waals surface area contributed by atoms with E-state index in [4.69, 9.17) is 4.42 Å². The van der Waals surface area contributed by atoms with Gasteiger partial charge in [0, 0.05) is 13.1 Å². The molecule has 0 atom stereocenters. The summed E-state index contributed by atoms with van der Waals surface area (Å²) in [7, 11) is 0. The van der Waals surface area contributed by atoms with Gasteiger partial charge in [-0.25, -0.2) is 13.8 Å². The van der Waals surface area contributed by atoms with Gasteiger partial charge in [0.05, 0.1) is 12.1 Å². The highest BCUT2D eigenvalue weighted by atomic mass is 19.1. The summed E-state index contributed by atoms with van der Waals surface area (Å²) >= 11 is 0. The molecule has 2 aromatic rings. The van der Waals surface area contributed by atoms with Gasteiger partial charge in [0.15, 0.2) is 5.69 Å². The highest BCUT2D eigenvalue weighted by Crippen LogP contribution is 2.20. The van der Waals surface area contributed by atoms with Crippen molar-refractivity contribution >= 4 is 11.8 Å². The number of hydrogen-bond acceptors (Lipinski definition) is 4. The van der Waals surface area contributed by atoms with E-state index in [1.807, 2.05) is 0 Å². The van der Waals surface area contributed by atoms with E-state index in [0.29, 0.717) is 24.8 Å². The third-order valence-electron chi connectivity index (χ3n) is 4.69. The van der Waals surface area contributed by atoms with Crippen LogP contribution in [0.15, 0.2) is 22.6 Å². The fourth-order valence-corrected chi connectivity index (χ4v) is 3.01. The normalized spacial score (nSPS) is 15.0. The molecule has 2 heterocycles. The van der Waals surface area contributed by atoms with Crippen molar-refractivity contribution in [1.29, 1.82) is 0 Å². The summed E-state index contributed by atoms with van der Waals surface area (Å²) < 4.78 is 32.3. The Bertz CT molecular complexity index is 858. The number of amides is 2. The lowest BCUT2D eigenvalue weighted by Crippen LogP contribution is -2.38. The monoisotopic (exact) mass is 377 g/mol. The zero-order chi connectivity index (χ0) is 19.6. The van der Waals surface area contributed by atoms with E-state index in [1.54, 1.807) is 11.8 Å². The zero-order valence-corrected chi connectivity index (χ0v) is 15.2. The molecular weight excluding hydrogens is 356 g/mol. The molecule has 1 fully saturated rings. The van der Waals surface area contributed by atoms with E-state index in [9.17, 15) is 18.4 Å². The topological polar surface area (TPSA) is 75.4 Å². The van der Waals surface area contributed by atoms with Crippen LogP contribution in [0.4, 0.5) is 8.78 Å². The van der Waals surface area contributed by atoms with E-state index in [2.05, 4.69) is 17.2 Å². The molecule has 1 saturated heterocycles. The van der Waals surface area contributed by atoms with Gasteiger partial charge >= 0.3 is 0 Å². The lowest BCUT2D eigenvalue weighted by atomic mass is 9.99. The van der Waals surface area contributed by atoms with Gasteiger partial charge in [-0.15, -0.1) is 0 Å². The molecule has 8 heteroatoms. The Kier molecular flexibility index (Phi) is 5.53. The number of halogens is 2. The summed E-state index contributed by atoms with van der Waals surface area (Å²) in [5, 5.41) is 2.42. The Balaban J connectivity index is 1.65. The van der Waals surface area contributed by atoms with E-state index in [-0.39, 0.29) is 24.0 Å². The smallest absolute Gasteiger partial charge is 0.276 e. The Labute approximate surface area is 155 Å². The number of likely N-dealkylation sites (tertiary alicyclic amines) is 1. The maximum Gasteiger partial charge on any atom is 0.276 e. The van der Waals surface area contributed by atoms with E-state index >= 15 is 0 Å². The number of carbonyl (C=O) groups is 2. The second-order valence-corrected chi connectivity index (χ2v) is 6.79. The molecule has 6 nitrogen and oxygen atoms in total. The maximum absolute atomic E-state index is 13.6. The van der Waals surface area contributed by atoms with Gasteiger partial charge < -0.3 is 14.6 Å². The lowest BCUT2D eigenvalue weighted by molar-refractivity contribution is 0.0690. The minimum atomic E-state index is -0.826. The quantitative estimate of drug-likeness (QED) is 0.889. The third kappa shape index (κ3) is 4.32. The molecule has 2 amide bonds. The number of carbonyl (C=O) groups excluding carboxylic acids is 2. The number of nitrogens with one attached hydrogen (secondary N) is 1. The molecule has 0 aliphatic carbocycles. The van der Waals surface area contributed by atoms with E-state index in [1.165, 1.54) is 0 Å². The van der Waals surface area contributed by atoms with Crippen LogP contribution < -0.4 is 5.32 Å². The van der Waals surface area contributed by atoms with Crippen LogP contribution in [-0.2, 0) is 6.54 Å². The first-order chi connectivity index (χ1) is 12.8. The van der Waals surface area contributed by atoms with E-state index < -0.39 is 23.1 Å². The predicted molar refractivity (Wildman–Crippen MR) is 93.1 cm³/mol. The number of oxazole rings is 1. The van der Waals surface area contributed by atoms with Gasteiger partial charge in [0.1, 0.15) is 17.4 Å². The van der Waals surface area contributed by atoms with Gasteiger partial charge in [0.2, 0.25) is 5.89 Å². The van der Waals surface area contributed by atoms with Crippen LogP contribution in [0.5, 0.6) is 0 Å². The number of nitrogens with zero attached hydrogens (tertiary/aromatic N) is 2. The van der Waals surface area contributed by atoms with Crippen LogP contribution in [0.25, 0.3) is 0 Å². The molecule has 1 aromatic carbocycles. The summed E-state index contributed by atoms with van der Waals surface area (Å²) in [6.07, 6.45) is 1.90. The van der Waals surface area contributed by atoms with Crippen LogP contribution in [0.3, 0.4) is 0 Å². The predicted octanol–water partition coefficient (Wildman–Crippen LogP) is 3.06. The number of aromatic nitrogens is 1. The maximum atomic E-state index is 13.6. The largest absolute Gasteiger partial charge is 0.443 e. The van der Waals surface area contributed by atoms with Crippen molar-refractivity contribution in [3.8, 4) is 0 Å². The molecule has 27 heavy (non-hydrogen) atoms. The van der Waals surface area contributed by atoms with Crippen molar-refractivity contribution in [3.05, 3.63) is 52.7 Å². The van der Waals surface area contributed by atoms with Gasteiger partial charge in [-0.3, -0.25) is 9.59 Å². The Morgan fingerprint density at radius 3 is 2.70 bits per heavy atom. The molecule has 1 aliphatic rings. The van der Waals surface area contributed by atoms with Crippen LogP contribution in [-0.4, -0.2) is 34.8 Å². The second-order valence-electron chi connectivity index (χ2n) is 6.79. The van der Waals surface area contributed by atoms with E-state index in [0.717, 1.165) is 31.0 Å². The van der Waals surface area contributed by atoms with Crippen molar-refractivity contribution in [2.75, 3.05) is 13.1 Å². The minimum absolute atomic E-state index is 0.131. The standard InChI is InChI=1S/C19H21F2N3O3/c1-11-5-7-24(8-6-11)19(26)17-12(2)27-16(23-17)10-22-18(25)14-9-13(20)3-4-15(14)21/h3-4,9,11H,5-8,10H2,1-2H3,(H,22,25). The second kappa shape index (κ2) is 7.85. The van der Waals surface area contributed by atoms with Crippen molar-refractivity contribution < 1.29 is 22.8 Å². The number of piperidine rings is 1. The molecule has 144 valence electrons. The fraction of sp³-hybridized carbons (Fsp3) is 0.421. The highest BCUT2D eigenvalue weighted by Gasteiger charge is 2.26. The van der Waals surface area contributed by atoms with Crippen LogP contribution in [0.1, 0.15) is 52.3 Å². The minimum Gasteiger partial charge on any atom is -0.443 e. The molecule has 1 N–H and O–H groups in total. The molecule has 0 unspecified atom stereocenters. The number of aryl methyl sites for hydroxylation is 1. The summed E-state index contributed by atoms with van der Waals surface area (Å²) in [6.45, 7) is 5.00. The van der Waals surface area contributed by atoms with Gasteiger partial charge in [-0.2, -0.15) is 0 Å². The molecule has 3 rings (SSSR count). The van der Waals surface area contributed by atoms with Crippen LogP contribution in [0, 0.1) is 24.5 Å². The van der Waals surface area contributed by atoms with Gasteiger partial charge in [-0.1, -0.05) is 6.92 Å². The molecular formula is C19H21F2N3O3. The van der Waals surface area contributed by atoms with Crippen molar-refractivity contribution in [2.24, 2.45) is 5.92 Å². The van der Waals surface area contributed by atoms with Crippen LogP contribution >= 0.6 is 0 Å². The van der Waals surface area contributed by atoms with Crippen molar-refractivity contribution in [3.63, 3.8) is 0 Å². The molecule has 0 saturated carbocycles. The molecule has 1 aliphatic heterocycles. The first kappa shape index (κ1) is 19.0. The molecule has 0 radical (unpaired) electrons. The van der Waals surface area contributed by atoms with Crippen molar-refractivity contribution in [1.82, 2.24) is 15.2 Å². The Morgan fingerprint density at radius 1 is 1.30 bits per heavy atom. The number of hydrogen-bond donors (Lipinski definition) is 1. The Morgan fingerprint density at radius 2 is 2.00 bits per heavy atom. The lowest BCUT2D eigenvalue weighted by Gasteiger charge is -2.29. The zero-order valence-electron chi connectivity index (χ0n) is 15.2. The number of rotatable bonds is 4. The molecule has 0 bridgehead atoms. The summed E-state index contributed by atoms with van der Waals surface area (Å²) in [5.74, 6) is -1.43. The average Bonchev–Trinajstić information content (AvgIpc) is 3.02. The highest BCUT2D eigenvalue weighted by molar-refractivity contribution is 5.94.